The summed E-state index contributed by atoms with van der Waals surface area (Å²) in [5, 5.41) is 9.63. The monoisotopic (exact) mass is 207 g/mol. The predicted octanol–water partition coefficient (Wildman–Crippen LogP) is 0.871. The Labute approximate surface area is 89.7 Å². The number of nitrogen functional groups attached to an aromatic ring is 1. The van der Waals surface area contributed by atoms with Gasteiger partial charge < -0.3 is 15.7 Å². The number of anilines is 2. The number of hydrogen-bond acceptors (Lipinski definition) is 4. The number of aliphatic hydroxyl groups excluding tert-OH is 1. The van der Waals surface area contributed by atoms with Crippen molar-refractivity contribution in [3.63, 3.8) is 0 Å². The van der Waals surface area contributed by atoms with Gasteiger partial charge in [-0.15, -0.1) is 0 Å². The zero-order valence-electron chi connectivity index (χ0n) is 8.93. The molecule has 0 saturated carbocycles. The third kappa shape index (κ3) is 2.21. The van der Waals surface area contributed by atoms with E-state index in [1.54, 1.807) is 12.3 Å². The molecule has 2 atom stereocenters. The lowest BCUT2D eigenvalue weighted by atomic mass is 9.97. The molecule has 2 unspecified atom stereocenters. The van der Waals surface area contributed by atoms with Crippen molar-refractivity contribution in [3.05, 3.63) is 18.3 Å². The van der Waals surface area contributed by atoms with Crippen LogP contribution < -0.4 is 10.6 Å². The molecule has 2 rings (SSSR count). The van der Waals surface area contributed by atoms with E-state index in [1.165, 1.54) is 0 Å². The first kappa shape index (κ1) is 10.2. The maximum Gasteiger partial charge on any atom is 0.130 e. The molecule has 1 saturated heterocycles. The van der Waals surface area contributed by atoms with Crippen LogP contribution in [0, 0.1) is 5.92 Å². The Morgan fingerprint density at radius 1 is 1.60 bits per heavy atom. The molecule has 1 aromatic heterocycles. The lowest BCUT2D eigenvalue weighted by Gasteiger charge is -2.35. The third-order valence-corrected chi connectivity index (χ3v) is 2.95. The van der Waals surface area contributed by atoms with Crippen LogP contribution in [0.2, 0.25) is 0 Å². The lowest BCUT2D eigenvalue weighted by Crippen LogP contribution is -2.42. The van der Waals surface area contributed by atoms with Crippen molar-refractivity contribution in [3.8, 4) is 0 Å². The van der Waals surface area contributed by atoms with Gasteiger partial charge in [-0.05, 0) is 18.4 Å². The Hall–Kier alpha value is -1.29. The Morgan fingerprint density at radius 2 is 2.40 bits per heavy atom. The normalized spacial score (nSPS) is 26.7. The van der Waals surface area contributed by atoms with Crippen molar-refractivity contribution in [2.45, 2.75) is 19.4 Å². The first-order chi connectivity index (χ1) is 7.16. The summed E-state index contributed by atoms with van der Waals surface area (Å²) in [6.45, 7) is 3.75. The van der Waals surface area contributed by atoms with E-state index in [0.717, 1.165) is 31.0 Å². The molecule has 1 aliphatic rings. The highest BCUT2D eigenvalue weighted by Crippen LogP contribution is 2.22. The number of pyridine rings is 1. The lowest BCUT2D eigenvalue weighted by molar-refractivity contribution is 0.0969. The molecule has 1 aliphatic heterocycles. The highest BCUT2D eigenvalue weighted by Gasteiger charge is 2.24. The molecule has 0 aromatic carbocycles. The van der Waals surface area contributed by atoms with E-state index in [-0.39, 0.29) is 6.10 Å². The summed E-state index contributed by atoms with van der Waals surface area (Å²) in [6, 6.07) is 3.66. The summed E-state index contributed by atoms with van der Waals surface area (Å²) >= 11 is 0. The van der Waals surface area contributed by atoms with Gasteiger partial charge in [0.15, 0.2) is 0 Å². The molecule has 4 nitrogen and oxygen atoms in total. The van der Waals surface area contributed by atoms with Crippen molar-refractivity contribution in [2.24, 2.45) is 5.92 Å². The van der Waals surface area contributed by atoms with Gasteiger partial charge in [0.25, 0.3) is 0 Å². The quantitative estimate of drug-likeness (QED) is 0.717. The number of aliphatic hydroxyl groups is 1. The fourth-order valence-electron chi connectivity index (χ4n) is 1.95. The second-order valence-corrected chi connectivity index (χ2v) is 4.23. The maximum atomic E-state index is 9.63. The van der Waals surface area contributed by atoms with Crippen LogP contribution in [0.3, 0.4) is 0 Å². The largest absolute Gasteiger partial charge is 0.399 e. The number of piperidine rings is 1. The van der Waals surface area contributed by atoms with Crippen molar-refractivity contribution < 1.29 is 5.11 Å². The minimum Gasteiger partial charge on any atom is -0.399 e. The molecule has 3 N–H and O–H groups in total. The Balaban J connectivity index is 2.12. The Morgan fingerprint density at radius 3 is 3.07 bits per heavy atom. The second-order valence-electron chi connectivity index (χ2n) is 4.23. The number of nitrogens with zero attached hydrogens (tertiary/aromatic N) is 2. The van der Waals surface area contributed by atoms with Gasteiger partial charge in [0.05, 0.1) is 6.10 Å². The number of hydrogen-bond donors (Lipinski definition) is 2. The molecule has 0 bridgehead atoms. The van der Waals surface area contributed by atoms with Crippen LogP contribution in [0.1, 0.15) is 13.3 Å². The summed E-state index contributed by atoms with van der Waals surface area (Å²) in [7, 11) is 0. The van der Waals surface area contributed by atoms with Gasteiger partial charge in [0.2, 0.25) is 0 Å². The van der Waals surface area contributed by atoms with Crippen molar-refractivity contribution in [2.75, 3.05) is 23.7 Å². The van der Waals surface area contributed by atoms with Crippen LogP contribution in [-0.4, -0.2) is 29.3 Å². The minimum absolute atomic E-state index is 0.178. The van der Waals surface area contributed by atoms with Gasteiger partial charge in [0, 0.05) is 31.0 Å². The smallest absolute Gasteiger partial charge is 0.130 e. The zero-order valence-corrected chi connectivity index (χ0v) is 8.93. The van der Waals surface area contributed by atoms with Crippen LogP contribution in [0.25, 0.3) is 0 Å². The van der Waals surface area contributed by atoms with Gasteiger partial charge in [-0.25, -0.2) is 4.98 Å². The average Bonchev–Trinajstić information content (AvgIpc) is 2.22. The molecule has 15 heavy (non-hydrogen) atoms. The van der Waals surface area contributed by atoms with E-state index in [0.29, 0.717) is 5.92 Å². The molecule has 1 aromatic rings. The van der Waals surface area contributed by atoms with Crippen LogP contribution in [0.4, 0.5) is 11.5 Å². The number of nitrogens with two attached hydrogens (primary N) is 1. The summed E-state index contributed by atoms with van der Waals surface area (Å²) < 4.78 is 0. The van der Waals surface area contributed by atoms with E-state index in [4.69, 9.17) is 5.73 Å². The molecule has 0 radical (unpaired) electrons. The molecular formula is C11H17N3O. The van der Waals surface area contributed by atoms with Crippen molar-refractivity contribution in [1.29, 1.82) is 0 Å². The minimum atomic E-state index is -0.178. The number of rotatable bonds is 1. The van der Waals surface area contributed by atoms with E-state index in [9.17, 15) is 5.11 Å². The van der Waals surface area contributed by atoms with Crippen molar-refractivity contribution in [1.82, 2.24) is 4.98 Å². The summed E-state index contributed by atoms with van der Waals surface area (Å²) in [5.41, 5.74) is 6.45. The third-order valence-electron chi connectivity index (χ3n) is 2.95. The highest BCUT2D eigenvalue weighted by molar-refractivity contribution is 5.50. The summed E-state index contributed by atoms with van der Waals surface area (Å²) in [5.74, 6) is 1.20. The van der Waals surface area contributed by atoms with Gasteiger partial charge in [-0.3, -0.25) is 0 Å². The van der Waals surface area contributed by atoms with Crippen molar-refractivity contribution >= 4 is 11.5 Å². The maximum absolute atomic E-state index is 9.63. The van der Waals surface area contributed by atoms with E-state index >= 15 is 0 Å². The van der Waals surface area contributed by atoms with Crippen LogP contribution >= 0.6 is 0 Å². The van der Waals surface area contributed by atoms with E-state index in [1.807, 2.05) is 6.07 Å². The van der Waals surface area contributed by atoms with Gasteiger partial charge >= 0.3 is 0 Å². The fourth-order valence-corrected chi connectivity index (χ4v) is 1.95. The molecule has 82 valence electrons. The van der Waals surface area contributed by atoms with Crippen LogP contribution in [-0.2, 0) is 0 Å². The van der Waals surface area contributed by atoms with Gasteiger partial charge in [-0.2, -0.15) is 0 Å². The number of aromatic nitrogens is 1. The average molecular weight is 207 g/mol. The fraction of sp³-hybridized carbons (Fsp3) is 0.545. The first-order valence-corrected chi connectivity index (χ1v) is 5.31. The van der Waals surface area contributed by atoms with Crippen LogP contribution in [0.5, 0.6) is 0 Å². The molecular weight excluding hydrogens is 190 g/mol. The van der Waals surface area contributed by atoms with Gasteiger partial charge in [0.1, 0.15) is 5.82 Å². The Bertz CT molecular complexity index is 342. The standard InChI is InChI=1S/C11H17N3O/c1-8-7-14(5-3-10(8)15)11-6-9(12)2-4-13-11/h2,4,6,8,10,15H,3,5,7H2,1H3,(H2,12,13). The summed E-state index contributed by atoms with van der Waals surface area (Å²) in [6.07, 6.45) is 2.35. The summed E-state index contributed by atoms with van der Waals surface area (Å²) in [4.78, 5) is 6.46. The van der Waals surface area contributed by atoms with E-state index in [2.05, 4.69) is 16.8 Å². The molecule has 2 heterocycles. The SMILES string of the molecule is CC1CN(c2cc(N)ccn2)CCC1O. The topological polar surface area (TPSA) is 62.4 Å². The second kappa shape index (κ2) is 4.06. The first-order valence-electron chi connectivity index (χ1n) is 5.31. The molecule has 0 spiro atoms. The molecule has 1 fully saturated rings. The molecule has 0 amide bonds. The predicted molar refractivity (Wildman–Crippen MR) is 60.7 cm³/mol. The van der Waals surface area contributed by atoms with Crippen LogP contribution in [0.15, 0.2) is 18.3 Å². The zero-order chi connectivity index (χ0) is 10.8. The molecule has 4 heteroatoms. The highest BCUT2D eigenvalue weighted by atomic mass is 16.3. The Kier molecular flexibility index (Phi) is 2.77. The van der Waals surface area contributed by atoms with E-state index < -0.39 is 0 Å². The molecule has 0 aliphatic carbocycles. The van der Waals surface area contributed by atoms with Gasteiger partial charge in [-0.1, -0.05) is 6.92 Å².